The molecule has 0 heterocycles. The number of thiocarbonyl (C=S) groups is 1. The predicted molar refractivity (Wildman–Crippen MR) is 54.9 cm³/mol. The maximum Gasteiger partial charge on any atom is 0.0771 e. The van der Waals surface area contributed by atoms with Crippen LogP contribution in [0.1, 0.15) is 11.1 Å². The van der Waals surface area contributed by atoms with Gasteiger partial charge in [0.05, 0.1) is 4.99 Å². The Kier molecular flexibility index (Phi) is 2.84. The van der Waals surface area contributed by atoms with Gasteiger partial charge in [0.15, 0.2) is 0 Å². The first-order valence-electron chi connectivity index (χ1n) is 3.56. The standard InChI is InChI=1S/C10H9NS/c1-2-8-4-3-5-9(6-8)7-10(11)12/h1,3-6H,7H2,(H2,11,12). The molecule has 1 aromatic rings. The van der Waals surface area contributed by atoms with Crippen molar-refractivity contribution in [2.24, 2.45) is 5.73 Å². The van der Waals surface area contributed by atoms with E-state index in [1.54, 1.807) is 0 Å². The third-order valence-electron chi connectivity index (χ3n) is 1.47. The molecule has 0 aliphatic rings. The van der Waals surface area contributed by atoms with Crippen molar-refractivity contribution in [2.75, 3.05) is 0 Å². The summed E-state index contributed by atoms with van der Waals surface area (Å²) in [5.41, 5.74) is 7.33. The first-order chi connectivity index (χ1) is 5.72. The second-order valence-electron chi connectivity index (χ2n) is 2.49. The molecule has 12 heavy (non-hydrogen) atoms. The number of benzene rings is 1. The summed E-state index contributed by atoms with van der Waals surface area (Å²) >= 11 is 4.78. The molecule has 0 aliphatic carbocycles. The molecule has 0 aromatic heterocycles. The second kappa shape index (κ2) is 3.89. The summed E-state index contributed by atoms with van der Waals surface area (Å²) in [5, 5.41) is 0. The van der Waals surface area contributed by atoms with E-state index in [9.17, 15) is 0 Å². The maximum atomic E-state index is 5.40. The Hall–Kier alpha value is -1.33. The fourth-order valence-corrected chi connectivity index (χ4v) is 1.14. The van der Waals surface area contributed by atoms with E-state index in [1.807, 2.05) is 24.3 Å². The second-order valence-corrected chi connectivity index (χ2v) is 3.01. The van der Waals surface area contributed by atoms with Crippen LogP contribution in [0.5, 0.6) is 0 Å². The van der Waals surface area contributed by atoms with Crippen LogP contribution in [0.3, 0.4) is 0 Å². The highest BCUT2D eigenvalue weighted by atomic mass is 32.1. The van der Waals surface area contributed by atoms with Gasteiger partial charge < -0.3 is 5.73 Å². The quantitative estimate of drug-likeness (QED) is 0.544. The molecule has 0 atom stereocenters. The molecular formula is C10H9NS. The number of rotatable bonds is 2. The van der Waals surface area contributed by atoms with Gasteiger partial charge in [0.2, 0.25) is 0 Å². The van der Waals surface area contributed by atoms with E-state index in [-0.39, 0.29) is 0 Å². The van der Waals surface area contributed by atoms with Crippen LogP contribution < -0.4 is 5.73 Å². The van der Waals surface area contributed by atoms with Crippen LogP contribution in [0.2, 0.25) is 0 Å². The van der Waals surface area contributed by atoms with E-state index in [0.29, 0.717) is 11.4 Å². The van der Waals surface area contributed by atoms with E-state index in [0.717, 1.165) is 11.1 Å². The Bertz CT molecular complexity index is 336. The molecule has 60 valence electrons. The van der Waals surface area contributed by atoms with Crippen molar-refractivity contribution in [2.45, 2.75) is 6.42 Å². The summed E-state index contributed by atoms with van der Waals surface area (Å²) in [4.78, 5) is 0.490. The Morgan fingerprint density at radius 3 is 2.92 bits per heavy atom. The Balaban J connectivity index is 2.88. The molecule has 0 amide bonds. The molecule has 1 aromatic carbocycles. The van der Waals surface area contributed by atoms with Crippen LogP contribution in [-0.4, -0.2) is 4.99 Å². The molecule has 0 unspecified atom stereocenters. The molecular weight excluding hydrogens is 166 g/mol. The molecule has 0 aliphatic heterocycles. The van der Waals surface area contributed by atoms with Gasteiger partial charge in [-0.2, -0.15) is 0 Å². The van der Waals surface area contributed by atoms with Crippen LogP contribution in [0.4, 0.5) is 0 Å². The van der Waals surface area contributed by atoms with Gasteiger partial charge in [0.1, 0.15) is 0 Å². The molecule has 0 fully saturated rings. The Morgan fingerprint density at radius 2 is 2.33 bits per heavy atom. The SMILES string of the molecule is C#Cc1cccc(CC(N)=S)c1. The summed E-state index contributed by atoms with van der Waals surface area (Å²) in [6.07, 6.45) is 5.85. The van der Waals surface area contributed by atoms with Gasteiger partial charge in [-0.05, 0) is 17.7 Å². The van der Waals surface area contributed by atoms with Crippen molar-refractivity contribution in [1.29, 1.82) is 0 Å². The van der Waals surface area contributed by atoms with Gasteiger partial charge in [-0.15, -0.1) is 6.42 Å². The van der Waals surface area contributed by atoms with Crippen molar-refractivity contribution in [3.05, 3.63) is 35.4 Å². The smallest absolute Gasteiger partial charge is 0.0771 e. The monoisotopic (exact) mass is 175 g/mol. The molecule has 0 bridgehead atoms. The van der Waals surface area contributed by atoms with Crippen molar-refractivity contribution in [1.82, 2.24) is 0 Å². The third kappa shape index (κ3) is 2.37. The lowest BCUT2D eigenvalue weighted by molar-refractivity contribution is 1.32. The van der Waals surface area contributed by atoms with E-state index in [4.69, 9.17) is 24.4 Å². The molecule has 0 spiro atoms. The van der Waals surface area contributed by atoms with Crippen molar-refractivity contribution < 1.29 is 0 Å². The Morgan fingerprint density at radius 1 is 1.58 bits per heavy atom. The molecule has 2 N–H and O–H groups in total. The van der Waals surface area contributed by atoms with Gasteiger partial charge >= 0.3 is 0 Å². The Labute approximate surface area is 77.6 Å². The van der Waals surface area contributed by atoms with E-state index in [1.165, 1.54) is 0 Å². The van der Waals surface area contributed by atoms with Crippen molar-refractivity contribution in [3.8, 4) is 12.3 Å². The van der Waals surface area contributed by atoms with Crippen LogP contribution in [0.15, 0.2) is 24.3 Å². The van der Waals surface area contributed by atoms with E-state index >= 15 is 0 Å². The third-order valence-corrected chi connectivity index (χ3v) is 1.62. The molecule has 0 radical (unpaired) electrons. The molecule has 1 rings (SSSR count). The highest BCUT2D eigenvalue weighted by Gasteiger charge is 1.94. The van der Waals surface area contributed by atoms with Crippen molar-refractivity contribution in [3.63, 3.8) is 0 Å². The fourth-order valence-electron chi connectivity index (χ4n) is 0.972. The molecule has 0 saturated heterocycles. The fraction of sp³-hybridized carbons (Fsp3) is 0.100. The minimum absolute atomic E-state index is 0.490. The first kappa shape index (κ1) is 8.76. The van der Waals surface area contributed by atoms with E-state index < -0.39 is 0 Å². The summed E-state index contributed by atoms with van der Waals surface area (Å²) in [6, 6.07) is 7.66. The lowest BCUT2D eigenvalue weighted by atomic mass is 10.1. The van der Waals surface area contributed by atoms with Gasteiger partial charge in [-0.25, -0.2) is 0 Å². The molecule has 2 heteroatoms. The summed E-state index contributed by atoms with van der Waals surface area (Å²) in [5.74, 6) is 2.56. The zero-order chi connectivity index (χ0) is 8.97. The molecule has 0 saturated carbocycles. The zero-order valence-corrected chi connectivity index (χ0v) is 7.40. The van der Waals surface area contributed by atoms with Crippen LogP contribution in [-0.2, 0) is 6.42 Å². The lowest BCUT2D eigenvalue weighted by Crippen LogP contribution is -2.10. The molecule has 1 nitrogen and oxygen atoms in total. The minimum Gasteiger partial charge on any atom is -0.393 e. The van der Waals surface area contributed by atoms with Gasteiger partial charge in [0, 0.05) is 12.0 Å². The highest BCUT2D eigenvalue weighted by Crippen LogP contribution is 2.04. The summed E-state index contributed by atoms with van der Waals surface area (Å²) in [6.45, 7) is 0. The van der Waals surface area contributed by atoms with Crippen LogP contribution in [0, 0.1) is 12.3 Å². The number of hydrogen-bond acceptors (Lipinski definition) is 1. The summed E-state index contributed by atoms with van der Waals surface area (Å²) in [7, 11) is 0. The lowest BCUT2D eigenvalue weighted by Gasteiger charge is -1.98. The normalized spacial score (nSPS) is 8.92. The van der Waals surface area contributed by atoms with E-state index in [2.05, 4.69) is 5.92 Å². The van der Waals surface area contributed by atoms with Gasteiger partial charge in [-0.3, -0.25) is 0 Å². The topological polar surface area (TPSA) is 26.0 Å². The number of terminal acetylenes is 1. The van der Waals surface area contributed by atoms with Gasteiger partial charge in [-0.1, -0.05) is 30.3 Å². The maximum absolute atomic E-state index is 5.40. The number of hydrogen-bond donors (Lipinski definition) is 1. The first-order valence-corrected chi connectivity index (χ1v) is 3.97. The highest BCUT2D eigenvalue weighted by molar-refractivity contribution is 7.80. The average Bonchev–Trinajstić information content (AvgIpc) is 2.03. The average molecular weight is 175 g/mol. The largest absolute Gasteiger partial charge is 0.393 e. The number of nitrogens with two attached hydrogens (primary N) is 1. The van der Waals surface area contributed by atoms with Crippen molar-refractivity contribution >= 4 is 17.2 Å². The van der Waals surface area contributed by atoms with Crippen LogP contribution in [0.25, 0.3) is 0 Å². The summed E-state index contributed by atoms with van der Waals surface area (Å²) < 4.78 is 0. The minimum atomic E-state index is 0.490. The van der Waals surface area contributed by atoms with Crippen LogP contribution >= 0.6 is 12.2 Å². The van der Waals surface area contributed by atoms with Gasteiger partial charge in [0.25, 0.3) is 0 Å². The zero-order valence-electron chi connectivity index (χ0n) is 6.58. The predicted octanol–water partition coefficient (Wildman–Crippen LogP) is 1.50.